The second kappa shape index (κ2) is 4.21. The summed E-state index contributed by atoms with van der Waals surface area (Å²) in [6, 6.07) is 0. The van der Waals surface area contributed by atoms with Crippen LogP contribution in [0.25, 0.3) is 0 Å². The largest absolute Gasteiger partial charge is 0.378 e. The summed E-state index contributed by atoms with van der Waals surface area (Å²) in [6.07, 6.45) is 2.43. The minimum atomic E-state index is 0.145. The zero-order valence-corrected chi connectivity index (χ0v) is 8.10. The Kier molecular flexibility index (Phi) is 3.50. The van der Waals surface area contributed by atoms with Crippen LogP contribution in [-0.4, -0.2) is 31.3 Å². The molecule has 1 rings (SSSR count). The van der Waals surface area contributed by atoms with Crippen LogP contribution in [-0.2, 0) is 4.74 Å². The third kappa shape index (κ3) is 2.19. The van der Waals surface area contributed by atoms with Crippen LogP contribution in [0.4, 0.5) is 0 Å². The normalized spacial score (nSPS) is 36.8. The molecular formula is C9H20N2O. The molecule has 1 heterocycles. The van der Waals surface area contributed by atoms with Crippen molar-refractivity contribution in [1.29, 1.82) is 0 Å². The maximum atomic E-state index is 5.77. The average Bonchev–Trinajstić information content (AvgIpc) is 2.05. The molecule has 0 aromatic carbocycles. The van der Waals surface area contributed by atoms with Gasteiger partial charge >= 0.3 is 0 Å². The maximum Gasteiger partial charge on any atom is 0.0565 e. The van der Waals surface area contributed by atoms with Gasteiger partial charge in [0.25, 0.3) is 0 Å². The van der Waals surface area contributed by atoms with Crippen LogP contribution >= 0.6 is 0 Å². The third-order valence-electron chi connectivity index (χ3n) is 2.60. The predicted molar refractivity (Wildman–Crippen MR) is 50.1 cm³/mol. The minimum Gasteiger partial charge on any atom is -0.378 e. The van der Waals surface area contributed by atoms with E-state index in [1.54, 1.807) is 0 Å². The number of likely N-dealkylation sites (N-methyl/N-ethyl adjacent to an activating group) is 1. The van der Waals surface area contributed by atoms with Gasteiger partial charge in [-0.3, -0.25) is 0 Å². The van der Waals surface area contributed by atoms with Crippen molar-refractivity contribution in [2.24, 2.45) is 5.73 Å². The zero-order valence-electron chi connectivity index (χ0n) is 8.10. The first-order valence-electron chi connectivity index (χ1n) is 4.79. The van der Waals surface area contributed by atoms with Crippen molar-refractivity contribution in [1.82, 2.24) is 5.32 Å². The molecule has 0 amide bonds. The van der Waals surface area contributed by atoms with Crippen molar-refractivity contribution < 1.29 is 4.74 Å². The molecule has 3 heteroatoms. The first-order valence-corrected chi connectivity index (χ1v) is 4.79. The van der Waals surface area contributed by atoms with Crippen LogP contribution in [0.2, 0.25) is 0 Å². The van der Waals surface area contributed by atoms with Gasteiger partial charge in [-0.15, -0.1) is 0 Å². The highest BCUT2D eigenvalue weighted by atomic mass is 16.5. The monoisotopic (exact) mass is 172 g/mol. The molecule has 0 aliphatic carbocycles. The Hall–Kier alpha value is -0.120. The number of ether oxygens (including phenoxy) is 1. The number of nitrogens with one attached hydrogen (secondary N) is 1. The van der Waals surface area contributed by atoms with Gasteiger partial charge in [-0.05, 0) is 26.3 Å². The van der Waals surface area contributed by atoms with Gasteiger partial charge in [0, 0.05) is 18.7 Å². The van der Waals surface area contributed by atoms with Crippen molar-refractivity contribution in [3.63, 3.8) is 0 Å². The molecule has 1 aliphatic rings. The van der Waals surface area contributed by atoms with Crippen molar-refractivity contribution in [3.8, 4) is 0 Å². The van der Waals surface area contributed by atoms with Crippen molar-refractivity contribution in [2.45, 2.75) is 38.3 Å². The Balaban J connectivity index is 2.51. The topological polar surface area (TPSA) is 47.3 Å². The van der Waals surface area contributed by atoms with Crippen LogP contribution in [0.1, 0.15) is 26.7 Å². The second-order valence-electron chi connectivity index (χ2n) is 3.65. The van der Waals surface area contributed by atoms with E-state index in [0.29, 0.717) is 12.6 Å². The van der Waals surface area contributed by atoms with E-state index in [0.717, 1.165) is 26.0 Å². The van der Waals surface area contributed by atoms with E-state index in [4.69, 9.17) is 10.5 Å². The Labute approximate surface area is 74.7 Å². The summed E-state index contributed by atoms with van der Waals surface area (Å²) >= 11 is 0. The van der Waals surface area contributed by atoms with E-state index in [-0.39, 0.29) is 5.54 Å². The Morgan fingerprint density at radius 2 is 2.42 bits per heavy atom. The standard InChI is InChI=1S/C9H20N2O/c1-3-11-9(7-10)4-5-12-8(2)6-9/h8,11H,3-7,10H2,1-2H3. The molecule has 12 heavy (non-hydrogen) atoms. The Morgan fingerprint density at radius 1 is 1.67 bits per heavy atom. The van der Waals surface area contributed by atoms with Gasteiger partial charge in [-0.2, -0.15) is 0 Å². The molecule has 1 fully saturated rings. The Morgan fingerprint density at radius 3 is 2.92 bits per heavy atom. The molecule has 3 N–H and O–H groups in total. The summed E-state index contributed by atoms with van der Waals surface area (Å²) in [5.41, 5.74) is 5.91. The highest BCUT2D eigenvalue weighted by Gasteiger charge is 2.33. The first kappa shape index (κ1) is 9.96. The van der Waals surface area contributed by atoms with E-state index in [9.17, 15) is 0 Å². The summed E-state index contributed by atoms with van der Waals surface area (Å²) < 4.78 is 5.49. The Bertz CT molecular complexity index is 136. The molecule has 2 unspecified atom stereocenters. The lowest BCUT2D eigenvalue weighted by Crippen LogP contribution is -2.56. The van der Waals surface area contributed by atoms with Gasteiger partial charge in [0.05, 0.1) is 6.10 Å². The summed E-state index contributed by atoms with van der Waals surface area (Å²) in [6.45, 7) is 6.78. The lowest BCUT2D eigenvalue weighted by Gasteiger charge is -2.39. The first-order chi connectivity index (χ1) is 5.72. The highest BCUT2D eigenvalue weighted by Crippen LogP contribution is 2.23. The van der Waals surface area contributed by atoms with E-state index in [1.807, 2.05) is 0 Å². The van der Waals surface area contributed by atoms with Gasteiger partial charge in [0.2, 0.25) is 0 Å². The van der Waals surface area contributed by atoms with Crippen LogP contribution in [0.15, 0.2) is 0 Å². The van der Waals surface area contributed by atoms with Crippen LogP contribution in [0.3, 0.4) is 0 Å². The number of hydrogen-bond acceptors (Lipinski definition) is 3. The third-order valence-corrected chi connectivity index (χ3v) is 2.60. The lowest BCUT2D eigenvalue weighted by molar-refractivity contribution is -0.0156. The molecule has 1 saturated heterocycles. The van der Waals surface area contributed by atoms with Crippen LogP contribution < -0.4 is 11.1 Å². The van der Waals surface area contributed by atoms with E-state index < -0.39 is 0 Å². The second-order valence-corrected chi connectivity index (χ2v) is 3.65. The van der Waals surface area contributed by atoms with E-state index in [1.165, 1.54) is 0 Å². The smallest absolute Gasteiger partial charge is 0.0565 e. The quantitative estimate of drug-likeness (QED) is 0.651. The molecule has 2 atom stereocenters. The number of hydrogen-bond donors (Lipinski definition) is 2. The van der Waals surface area contributed by atoms with Crippen molar-refractivity contribution in [3.05, 3.63) is 0 Å². The lowest BCUT2D eigenvalue weighted by atomic mass is 9.87. The van der Waals surface area contributed by atoms with Gasteiger partial charge in [-0.1, -0.05) is 6.92 Å². The number of rotatable bonds is 3. The zero-order chi connectivity index (χ0) is 9.03. The maximum absolute atomic E-state index is 5.77. The van der Waals surface area contributed by atoms with Crippen molar-refractivity contribution in [2.75, 3.05) is 19.7 Å². The van der Waals surface area contributed by atoms with Crippen LogP contribution in [0.5, 0.6) is 0 Å². The molecule has 0 radical (unpaired) electrons. The van der Waals surface area contributed by atoms with Gasteiger partial charge < -0.3 is 15.8 Å². The van der Waals surface area contributed by atoms with E-state index in [2.05, 4.69) is 19.2 Å². The minimum absolute atomic E-state index is 0.145. The summed E-state index contributed by atoms with van der Waals surface area (Å²) in [5.74, 6) is 0. The molecule has 0 spiro atoms. The van der Waals surface area contributed by atoms with Gasteiger partial charge in [-0.25, -0.2) is 0 Å². The fourth-order valence-corrected chi connectivity index (χ4v) is 1.96. The van der Waals surface area contributed by atoms with Gasteiger partial charge in [0.15, 0.2) is 0 Å². The molecule has 0 bridgehead atoms. The fraction of sp³-hybridized carbons (Fsp3) is 1.00. The fourth-order valence-electron chi connectivity index (χ4n) is 1.96. The average molecular weight is 172 g/mol. The molecule has 0 aromatic rings. The summed E-state index contributed by atoms with van der Waals surface area (Å²) in [7, 11) is 0. The molecule has 0 aromatic heterocycles. The SMILES string of the molecule is CCNC1(CN)CCOC(C)C1. The molecule has 1 aliphatic heterocycles. The highest BCUT2D eigenvalue weighted by molar-refractivity contribution is 4.92. The van der Waals surface area contributed by atoms with Crippen molar-refractivity contribution >= 4 is 0 Å². The summed E-state index contributed by atoms with van der Waals surface area (Å²) in [4.78, 5) is 0. The molecule has 3 nitrogen and oxygen atoms in total. The summed E-state index contributed by atoms with van der Waals surface area (Å²) in [5, 5.41) is 3.47. The van der Waals surface area contributed by atoms with E-state index >= 15 is 0 Å². The molecule has 0 saturated carbocycles. The molecular weight excluding hydrogens is 152 g/mol. The van der Waals surface area contributed by atoms with Gasteiger partial charge in [0.1, 0.15) is 0 Å². The predicted octanol–water partition coefficient (Wildman–Crippen LogP) is 0.492. The van der Waals surface area contributed by atoms with Crippen LogP contribution in [0, 0.1) is 0 Å². The number of nitrogens with two attached hydrogens (primary N) is 1. The molecule has 72 valence electrons.